The molecular weight excluding hydrogens is 348 g/mol. The lowest BCUT2D eigenvalue weighted by molar-refractivity contribution is -0.133. The Kier molecular flexibility index (Phi) is 6.08. The maximum absolute atomic E-state index is 12.1. The molecule has 0 bridgehead atoms. The number of benzene rings is 2. The highest BCUT2D eigenvalue weighted by Crippen LogP contribution is 2.30. The highest BCUT2D eigenvalue weighted by Gasteiger charge is 2.18. The summed E-state index contributed by atoms with van der Waals surface area (Å²) < 4.78 is 15.4. The molecule has 0 aromatic heterocycles. The van der Waals surface area contributed by atoms with Crippen LogP contribution in [0.1, 0.15) is 0 Å². The summed E-state index contributed by atoms with van der Waals surface area (Å²) in [4.78, 5) is 24.3. The lowest BCUT2D eigenvalue weighted by Crippen LogP contribution is -2.29. The number of rotatable bonds is 5. The Hall–Kier alpha value is -2.93. The molecule has 2 N–H and O–H groups in total. The third-order valence-corrected chi connectivity index (χ3v) is 3.51. The van der Waals surface area contributed by atoms with E-state index in [-0.39, 0.29) is 5.69 Å². The number of amides is 2. The molecule has 7 nitrogen and oxygen atoms in total. The molecule has 132 valence electrons. The van der Waals surface area contributed by atoms with Crippen LogP contribution in [0.15, 0.2) is 36.4 Å². The number of nitrogens with one attached hydrogen (secondary N) is 2. The van der Waals surface area contributed by atoms with Gasteiger partial charge in [0.2, 0.25) is 0 Å². The monoisotopic (exact) mass is 364 g/mol. The predicted molar refractivity (Wildman–Crippen MR) is 94.8 cm³/mol. The van der Waals surface area contributed by atoms with Gasteiger partial charge < -0.3 is 24.8 Å². The van der Waals surface area contributed by atoms with Crippen molar-refractivity contribution < 1.29 is 23.8 Å². The predicted octanol–water partition coefficient (Wildman–Crippen LogP) is 2.94. The van der Waals surface area contributed by atoms with Crippen LogP contribution in [-0.2, 0) is 9.59 Å². The van der Waals surface area contributed by atoms with Crippen molar-refractivity contribution in [3.8, 4) is 17.2 Å². The molecule has 8 heteroatoms. The van der Waals surface area contributed by atoms with Gasteiger partial charge in [0.25, 0.3) is 0 Å². The van der Waals surface area contributed by atoms with E-state index >= 15 is 0 Å². The van der Waals surface area contributed by atoms with Gasteiger partial charge in [0.05, 0.1) is 32.7 Å². The van der Waals surface area contributed by atoms with Crippen LogP contribution in [-0.4, -0.2) is 33.1 Å². The molecule has 0 saturated heterocycles. The molecule has 2 rings (SSSR count). The second-order valence-corrected chi connectivity index (χ2v) is 5.26. The molecule has 0 aliphatic carbocycles. The Morgan fingerprint density at radius 3 is 2.04 bits per heavy atom. The number of halogens is 1. The molecule has 0 unspecified atom stereocenters. The van der Waals surface area contributed by atoms with E-state index in [0.717, 1.165) is 0 Å². The summed E-state index contributed by atoms with van der Waals surface area (Å²) in [6.07, 6.45) is 0. The van der Waals surface area contributed by atoms with Gasteiger partial charge in [-0.2, -0.15) is 0 Å². The lowest BCUT2D eigenvalue weighted by atomic mass is 10.2. The SMILES string of the molecule is COc1ccc(NC(=O)C(=O)Nc2cc(Cl)ccc2OC)c(OC)c1. The van der Waals surface area contributed by atoms with Gasteiger partial charge in [0.1, 0.15) is 17.2 Å². The summed E-state index contributed by atoms with van der Waals surface area (Å²) in [5.74, 6) is -0.444. The van der Waals surface area contributed by atoms with Gasteiger partial charge in [-0.1, -0.05) is 11.6 Å². The summed E-state index contributed by atoms with van der Waals surface area (Å²) >= 11 is 5.90. The number of hydrogen-bond acceptors (Lipinski definition) is 5. The minimum absolute atomic E-state index is 0.289. The Morgan fingerprint density at radius 1 is 0.800 bits per heavy atom. The van der Waals surface area contributed by atoms with E-state index in [9.17, 15) is 9.59 Å². The average molecular weight is 365 g/mol. The molecule has 2 aromatic carbocycles. The van der Waals surface area contributed by atoms with Crippen molar-refractivity contribution in [2.75, 3.05) is 32.0 Å². The summed E-state index contributed by atoms with van der Waals surface area (Å²) in [5.41, 5.74) is 0.623. The van der Waals surface area contributed by atoms with Crippen LogP contribution in [0.4, 0.5) is 11.4 Å². The van der Waals surface area contributed by atoms with Gasteiger partial charge in [0.15, 0.2) is 0 Å². The molecule has 0 aliphatic heterocycles. The average Bonchev–Trinajstić information content (AvgIpc) is 2.62. The number of carbonyl (C=O) groups excluding carboxylic acids is 2. The Bertz CT molecular complexity index is 795. The highest BCUT2D eigenvalue weighted by atomic mass is 35.5. The van der Waals surface area contributed by atoms with E-state index in [2.05, 4.69) is 10.6 Å². The van der Waals surface area contributed by atoms with Crippen LogP contribution in [0.3, 0.4) is 0 Å². The maximum Gasteiger partial charge on any atom is 0.314 e. The van der Waals surface area contributed by atoms with Crippen LogP contribution in [0.2, 0.25) is 5.02 Å². The molecule has 0 spiro atoms. The molecule has 0 fully saturated rings. The van der Waals surface area contributed by atoms with Gasteiger partial charge in [-0.3, -0.25) is 9.59 Å². The van der Waals surface area contributed by atoms with E-state index < -0.39 is 11.8 Å². The zero-order valence-electron chi connectivity index (χ0n) is 13.9. The molecular formula is C17H17ClN2O5. The van der Waals surface area contributed by atoms with Crippen molar-refractivity contribution >= 4 is 34.8 Å². The van der Waals surface area contributed by atoms with Crippen LogP contribution in [0.5, 0.6) is 17.2 Å². The Balaban J connectivity index is 2.14. The molecule has 0 atom stereocenters. The van der Waals surface area contributed by atoms with Crippen LogP contribution in [0, 0.1) is 0 Å². The Morgan fingerprint density at radius 2 is 1.44 bits per heavy atom. The number of methoxy groups -OCH3 is 3. The van der Waals surface area contributed by atoms with Gasteiger partial charge in [-0.05, 0) is 30.3 Å². The van der Waals surface area contributed by atoms with Crippen molar-refractivity contribution in [3.05, 3.63) is 41.4 Å². The van der Waals surface area contributed by atoms with E-state index in [0.29, 0.717) is 28.0 Å². The minimum Gasteiger partial charge on any atom is -0.497 e. The third-order valence-electron chi connectivity index (χ3n) is 3.27. The molecule has 0 saturated carbocycles. The summed E-state index contributed by atoms with van der Waals surface area (Å²) in [6, 6.07) is 9.48. The number of ether oxygens (including phenoxy) is 3. The van der Waals surface area contributed by atoms with Gasteiger partial charge in [0, 0.05) is 11.1 Å². The minimum atomic E-state index is -0.876. The van der Waals surface area contributed by atoms with E-state index in [1.165, 1.54) is 27.4 Å². The summed E-state index contributed by atoms with van der Waals surface area (Å²) in [7, 11) is 4.40. The fourth-order valence-corrected chi connectivity index (χ4v) is 2.21. The zero-order valence-corrected chi connectivity index (χ0v) is 14.6. The first kappa shape index (κ1) is 18.4. The fraction of sp³-hybridized carbons (Fsp3) is 0.176. The molecule has 2 aromatic rings. The Labute approximate surface area is 149 Å². The third kappa shape index (κ3) is 4.54. The topological polar surface area (TPSA) is 85.9 Å². The number of carbonyl (C=O) groups is 2. The molecule has 25 heavy (non-hydrogen) atoms. The van der Waals surface area contributed by atoms with Crippen molar-refractivity contribution in [2.24, 2.45) is 0 Å². The van der Waals surface area contributed by atoms with E-state index in [1.807, 2.05) is 0 Å². The first-order valence-corrected chi connectivity index (χ1v) is 7.54. The largest absolute Gasteiger partial charge is 0.497 e. The van der Waals surface area contributed by atoms with Crippen LogP contribution < -0.4 is 24.8 Å². The lowest BCUT2D eigenvalue weighted by Gasteiger charge is -2.13. The van der Waals surface area contributed by atoms with Crippen LogP contribution in [0.25, 0.3) is 0 Å². The van der Waals surface area contributed by atoms with E-state index in [4.69, 9.17) is 25.8 Å². The van der Waals surface area contributed by atoms with Crippen molar-refractivity contribution in [1.82, 2.24) is 0 Å². The number of hydrogen-bond donors (Lipinski definition) is 2. The smallest absolute Gasteiger partial charge is 0.314 e. The fourth-order valence-electron chi connectivity index (χ4n) is 2.04. The molecule has 0 radical (unpaired) electrons. The van der Waals surface area contributed by atoms with E-state index in [1.54, 1.807) is 30.3 Å². The summed E-state index contributed by atoms with van der Waals surface area (Å²) in [5, 5.41) is 5.33. The molecule has 0 heterocycles. The second-order valence-electron chi connectivity index (χ2n) is 4.82. The normalized spacial score (nSPS) is 9.92. The first-order valence-electron chi connectivity index (χ1n) is 7.16. The molecule has 2 amide bonds. The first-order chi connectivity index (χ1) is 12.0. The standard InChI is InChI=1S/C17H17ClN2O5/c1-23-11-5-6-12(15(9-11)25-3)19-16(21)17(22)20-13-8-10(18)4-7-14(13)24-2/h4-9H,1-3H3,(H,19,21)(H,20,22). The van der Waals surface area contributed by atoms with Crippen LogP contribution >= 0.6 is 11.6 Å². The van der Waals surface area contributed by atoms with Crippen molar-refractivity contribution in [1.29, 1.82) is 0 Å². The summed E-state index contributed by atoms with van der Waals surface area (Å²) in [6.45, 7) is 0. The quantitative estimate of drug-likeness (QED) is 0.797. The highest BCUT2D eigenvalue weighted by molar-refractivity contribution is 6.44. The second kappa shape index (κ2) is 8.25. The van der Waals surface area contributed by atoms with Gasteiger partial charge in [-0.15, -0.1) is 0 Å². The van der Waals surface area contributed by atoms with Crippen molar-refractivity contribution in [2.45, 2.75) is 0 Å². The van der Waals surface area contributed by atoms with Gasteiger partial charge >= 0.3 is 11.8 Å². The number of anilines is 2. The maximum atomic E-state index is 12.1. The molecule has 0 aliphatic rings. The zero-order chi connectivity index (χ0) is 18.4. The van der Waals surface area contributed by atoms with Gasteiger partial charge in [-0.25, -0.2) is 0 Å². The van der Waals surface area contributed by atoms with Crippen molar-refractivity contribution in [3.63, 3.8) is 0 Å².